The van der Waals surface area contributed by atoms with E-state index in [-0.39, 0.29) is 0 Å². The molecule has 274 valence electrons. The molecule has 7 aromatic carbocycles. The van der Waals surface area contributed by atoms with Gasteiger partial charge in [-0.25, -0.2) is 4.98 Å². The van der Waals surface area contributed by atoms with E-state index in [2.05, 4.69) is 203 Å². The van der Waals surface area contributed by atoms with Gasteiger partial charge in [0.25, 0.3) is 0 Å². The van der Waals surface area contributed by atoms with Gasteiger partial charge in [-0.3, -0.25) is 4.57 Å². The number of rotatable bonds is 7. The van der Waals surface area contributed by atoms with Crippen molar-refractivity contribution in [2.75, 3.05) is 0 Å². The highest BCUT2D eigenvalue weighted by Gasteiger charge is 2.22. The van der Waals surface area contributed by atoms with Crippen LogP contribution in [-0.2, 0) is 0 Å². The molecule has 4 heteroatoms. The van der Waals surface area contributed by atoms with Crippen LogP contribution < -0.4 is 0 Å². The fourth-order valence-electron chi connectivity index (χ4n) is 9.12. The summed E-state index contributed by atoms with van der Waals surface area (Å²) in [6.07, 6.45) is 8.22. The van der Waals surface area contributed by atoms with E-state index in [1.165, 1.54) is 38.0 Å². The fraction of sp³-hybridized carbons (Fsp3) is 0.0185. The molecule has 0 radical (unpaired) electrons. The number of pyridine rings is 1. The van der Waals surface area contributed by atoms with Gasteiger partial charge in [0.1, 0.15) is 5.82 Å². The smallest absolute Gasteiger partial charge is 0.137 e. The van der Waals surface area contributed by atoms with E-state index in [0.717, 1.165) is 67.3 Å². The fourth-order valence-corrected chi connectivity index (χ4v) is 9.12. The van der Waals surface area contributed by atoms with Crippen LogP contribution in [0.4, 0.5) is 0 Å². The normalized spacial score (nSPS) is 11.9. The summed E-state index contributed by atoms with van der Waals surface area (Å²) in [5.41, 5.74) is 14.9. The largest absolute Gasteiger partial charge is 0.309 e. The topological polar surface area (TPSA) is 27.7 Å². The van der Waals surface area contributed by atoms with Gasteiger partial charge >= 0.3 is 0 Å². The molecule has 0 bridgehead atoms. The van der Waals surface area contributed by atoms with Gasteiger partial charge in [-0.2, -0.15) is 0 Å². The first-order valence-electron chi connectivity index (χ1n) is 19.8. The van der Waals surface area contributed by atoms with E-state index in [1.807, 2.05) is 24.4 Å². The lowest BCUT2D eigenvalue weighted by atomic mass is 9.93. The van der Waals surface area contributed by atoms with Crippen LogP contribution in [0.5, 0.6) is 0 Å². The molecule has 58 heavy (non-hydrogen) atoms. The van der Waals surface area contributed by atoms with E-state index in [4.69, 9.17) is 4.98 Å². The lowest BCUT2D eigenvalue weighted by Gasteiger charge is -2.15. The molecule has 0 amide bonds. The summed E-state index contributed by atoms with van der Waals surface area (Å²) in [4.78, 5) is 4.76. The molecule has 4 heterocycles. The predicted octanol–water partition coefficient (Wildman–Crippen LogP) is 14.2. The lowest BCUT2D eigenvalue weighted by molar-refractivity contribution is 1.08. The van der Waals surface area contributed by atoms with Crippen LogP contribution in [-0.4, -0.2) is 18.7 Å². The average molecular weight is 743 g/mol. The third kappa shape index (κ3) is 5.12. The van der Waals surface area contributed by atoms with Gasteiger partial charge < -0.3 is 9.13 Å². The van der Waals surface area contributed by atoms with Gasteiger partial charge in [0, 0.05) is 55.6 Å². The summed E-state index contributed by atoms with van der Waals surface area (Å²) in [7, 11) is 0. The van der Waals surface area contributed by atoms with E-state index in [0.29, 0.717) is 0 Å². The molecular formula is C54H38N4. The van der Waals surface area contributed by atoms with Gasteiger partial charge in [-0.1, -0.05) is 110 Å². The second kappa shape index (κ2) is 13.5. The highest BCUT2D eigenvalue weighted by Crippen LogP contribution is 2.44. The Balaban J connectivity index is 1.23. The Bertz CT molecular complexity index is 3400. The number of benzene rings is 7. The third-order valence-corrected chi connectivity index (χ3v) is 11.6. The van der Waals surface area contributed by atoms with Gasteiger partial charge in [-0.05, 0) is 115 Å². The van der Waals surface area contributed by atoms with Crippen molar-refractivity contribution in [2.45, 2.75) is 6.92 Å². The summed E-state index contributed by atoms with van der Waals surface area (Å²) >= 11 is 0. The van der Waals surface area contributed by atoms with Crippen molar-refractivity contribution >= 4 is 66.7 Å². The van der Waals surface area contributed by atoms with Crippen molar-refractivity contribution in [1.82, 2.24) is 18.7 Å². The molecule has 4 aromatic heterocycles. The summed E-state index contributed by atoms with van der Waals surface area (Å²) < 4.78 is 7.03. The van der Waals surface area contributed by atoms with E-state index < -0.39 is 0 Å². The van der Waals surface area contributed by atoms with Crippen LogP contribution >= 0.6 is 0 Å². The molecule has 4 nitrogen and oxygen atoms in total. The molecule has 0 atom stereocenters. The number of allylic oxidation sites excluding steroid dienone is 1. The van der Waals surface area contributed by atoms with Crippen LogP contribution in [0.2, 0.25) is 0 Å². The molecule has 11 aromatic rings. The lowest BCUT2D eigenvalue weighted by Crippen LogP contribution is -1.98. The molecule has 0 aliphatic carbocycles. The maximum Gasteiger partial charge on any atom is 0.137 e. The predicted molar refractivity (Wildman–Crippen MR) is 245 cm³/mol. The first-order chi connectivity index (χ1) is 28.7. The van der Waals surface area contributed by atoms with Crippen LogP contribution in [0.25, 0.3) is 106 Å². The molecule has 0 aliphatic rings. The summed E-state index contributed by atoms with van der Waals surface area (Å²) in [5, 5.41) is 6.01. The molecule has 0 spiro atoms. The van der Waals surface area contributed by atoms with Gasteiger partial charge in [0.2, 0.25) is 0 Å². The first kappa shape index (κ1) is 33.6. The number of hydrogen-bond acceptors (Lipinski definition) is 1. The summed E-state index contributed by atoms with van der Waals surface area (Å²) in [6, 6.07) is 63.4. The first-order valence-corrected chi connectivity index (χ1v) is 19.8. The second-order valence-electron chi connectivity index (χ2n) is 14.8. The summed E-state index contributed by atoms with van der Waals surface area (Å²) in [5.74, 6) is 0.907. The standard InChI is InChI=1S/C54H38N4/c1-3-17-41-47-35-38(36-27-29-52-45(32-36)43-23-12-14-25-50(43)58(52)53-26-15-16-31-55-53)34-44(54(47)57(48(41)4-2)40-20-9-6-10-21-40)37-28-30-51-46(33-37)42-22-11-13-24-49(42)56(51)39-18-7-5-8-19-39/h3-35H,2H2,1H3/b17-3-. The van der Waals surface area contributed by atoms with E-state index >= 15 is 0 Å². The van der Waals surface area contributed by atoms with Crippen molar-refractivity contribution in [3.05, 3.63) is 206 Å². The quantitative estimate of drug-likeness (QED) is 0.160. The van der Waals surface area contributed by atoms with Crippen molar-refractivity contribution in [1.29, 1.82) is 0 Å². The van der Waals surface area contributed by atoms with Crippen molar-refractivity contribution < 1.29 is 0 Å². The molecule has 0 saturated carbocycles. The number of hydrogen-bond donors (Lipinski definition) is 0. The average Bonchev–Trinajstić information content (AvgIpc) is 3.92. The minimum Gasteiger partial charge on any atom is -0.309 e. The second-order valence-corrected chi connectivity index (χ2v) is 14.8. The van der Waals surface area contributed by atoms with Crippen LogP contribution in [0, 0.1) is 0 Å². The van der Waals surface area contributed by atoms with Gasteiger partial charge in [0.15, 0.2) is 0 Å². The number of nitrogens with zero attached hydrogens (tertiary/aromatic N) is 4. The van der Waals surface area contributed by atoms with Crippen LogP contribution in [0.1, 0.15) is 18.2 Å². The minimum absolute atomic E-state index is 0.907. The zero-order valence-corrected chi connectivity index (χ0v) is 32.0. The van der Waals surface area contributed by atoms with Crippen molar-refractivity contribution in [3.8, 4) is 39.4 Å². The van der Waals surface area contributed by atoms with Crippen molar-refractivity contribution in [2.24, 2.45) is 0 Å². The highest BCUT2D eigenvalue weighted by atomic mass is 15.1. The minimum atomic E-state index is 0.907. The van der Waals surface area contributed by atoms with E-state index in [1.54, 1.807) is 0 Å². The van der Waals surface area contributed by atoms with Crippen LogP contribution in [0.3, 0.4) is 0 Å². The Morgan fingerprint density at radius 3 is 1.67 bits per heavy atom. The maximum absolute atomic E-state index is 4.76. The number of fused-ring (bicyclic) bond motifs is 7. The number of aromatic nitrogens is 4. The number of para-hydroxylation sites is 4. The van der Waals surface area contributed by atoms with Crippen LogP contribution in [0.15, 0.2) is 195 Å². The Hall–Kier alpha value is -7.69. The molecule has 0 aliphatic heterocycles. The Morgan fingerprint density at radius 2 is 1.02 bits per heavy atom. The Morgan fingerprint density at radius 1 is 0.466 bits per heavy atom. The van der Waals surface area contributed by atoms with Crippen molar-refractivity contribution in [3.63, 3.8) is 0 Å². The zero-order valence-electron chi connectivity index (χ0n) is 32.0. The monoisotopic (exact) mass is 742 g/mol. The Kier molecular flexibility index (Phi) is 7.83. The molecule has 0 saturated heterocycles. The maximum atomic E-state index is 4.76. The van der Waals surface area contributed by atoms with Gasteiger partial charge in [0.05, 0.1) is 33.3 Å². The van der Waals surface area contributed by atoms with E-state index in [9.17, 15) is 0 Å². The Labute approximate surface area is 336 Å². The third-order valence-electron chi connectivity index (χ3n) is 11.6. The summed E-state index contributed by atoms with van der Waals surface area (Å²) in [6.45, 7) is 6.46. The molecule has 11 rings (SSSR count). The highest BCUT2D eigenvalue weighted by molar-refractivity contribution is 6.14. The van der Waals surface area contributed by atoms with Gasteiger partial charge in [-0.15, -0.1) is 0 Å². The molecule has 0 unspecified atom stereocenters. The zero-order chi connectivity index (χ0) is 38.7. The molecular weight excluding hydrogens is 705 g/mol. The SMILES string of the molecule is C=Cc1c(/C=C\C)c2cc(-c3ccc4c(c3)c3ccccc3n4-c3ccccn3)cc(-c3ccc4c(c3)c3ccccc3n4-c3ccccc3)c2n1-c1ccccc1. The molecule has 0 N–H and O–H groups in total. The molecule has 0 fully saturated rings.